The predicted molar refractivity (Wildman–Crippen MR) is 51.2 cm³/mol. The van der Waals surface area contributed by atoms with E-state index in [-0.39, 0.29) is 5.56 Å². The number of benzene rings is 1. The van der Waals surface area contributed by atoms with Gasteiger partial charge < -0.3 is 5.32 Å². The van der Waals surface area contributed by atoms with Crippen molar-refractivity contribution in [1.29, 1.82) is 0 Å². The standard InChI is InChI=1S/C11H12F3N/c1-11(2-3-15-6-11)10-8(13)4-7(12)5-9(10)14/h4-5,15H,2-3,6H2,1H3. The van der Waals surface area contributed by atoms with Gasteiger partial charge in [0.15, 0.2) is 0 Å². The molecule has 1 aliphatic rings. The lowest BCUT2D eigenvalue weighted by molar-refractivity contribution is 0.436. The topological polar surface area (TPSA) is 12.0 Å². The molecule has 1 saturated heterocycles. The van der Waals surface area contributed by atoms with Gasteiger partial charge in [-0.05, 0) is 13.0 Å². The maximum absolute atomic E-state index is 13.5. The second-order valence-electron chi connectivity index (χ2n) is 4.23. The van der Waals surface area contributed by atoms with Gasteiger partial charge >= 0.3 is 0 Å². The molecule has 0 aliphatic carbocycles. The number of halogens is 3. The van der Waals surface area contributed by atoms with Crippen LogP contribution in [-0.2, 0) is 5.41 Å². The van der Waals surface area contributed by atoms with Crippen LogP contribution in [0.5, 0.6) is 0 Å². The Balaban J connectivity index is 2.52. The van der Waals surface area contributed by atoms with E-state index in [1.807, 2.05) is 0 Å². The summed E-state index contributed by atoms with van der Waals surface area (Å²) in [4.78, 5) is 0. The Kier molecular flexibility index (Phi) is 2.46. The second-order valence-corrected chi connectivity index (χ2v) is 4.23. The zero-order chi connectivity index (χ0) is 11.1. The van der Waals surface area contributed by atoms with Gasteiger partial charge in [-0.1, -0.05) is 6.92 Å². The van der Waals surface area contributed by atoms with Gasteiger partial charge in [0.1, 0.15) is 17.5 Å². The minimum absolute atomic E-state index is 0.00565. The first-order valence-corrected chi connectivity index (χ1v) is 4.89. The minimum Gasteiger partial charge on any atom is -0.316 e. The summed E-state index contributed by atoms with van der Waals surface area (Å²) >= 11 is 0. The van der Waals surface area contributed by atoms with Crippen molar-refractivity contribution in [1.82, 2.24) is 5.32 Å². The van der Waals surface area contributed by atoms with Crippen LogP contribution in [0.1, 0.15) is 18.9 Å². The highest BCUT2D eigenvalue weighted by Crippen LogP contribution is 2.34. The molecule has 1 aromatic rings. The van der Waals surface area contributed by atoms with Gasteiger partial charge in [0.25, 0.3) is 0 Å². The molecule has 1 fully saturated rings. The van der Waals surface area contributed by atoms with Crippen LogP contribution in [-0.4, -0.2) is 13.1 Å². The van der Waals surface area contributed by atoms with Crippen molar-refractivity contribution in [2.45, 2.75) is 18.8 Å². The fourth-order valence-electron chi connectivity index (χ4n) is 2.15. The van der Waals surface area contributed by atoms with Crippen molar-refractivity contribution in [2.24, 2.45) is 0 Å². The van der Waals surface area contributed by atoms with E-state index in [9.17, 15) is 13.2 Å². The molecule has 1 heterocycles. The van der Waals surface area contributed by atoms with Crippen LogP contribution in [0.4, 0.5) is 13.2 Å². The van der Waals surface area contributed by atoms with E-state index < -0.39 is 22.9 Å². The first-order chi connectivity index (χ1) is 7.03. The van der Waals surface area contributed by atoms with E-state index in [4.69, 9.17) is 0 Å². The summed E-state index contributed by atoms with van der Waals surface area (Å²) in [6.07, 6.45) is 0.659. The smallest absolute Gasteiger partial charge is 0.132 e. The molecule has 1 N–H and O–H groups in total. The van der Waals surface area contributed by atoms with Crippen LogP contribution < -0.4 is 5.32 Å². The maximum Gasteiger partial charge on any atom is 0.132 e. The van der Waals surface area contributed by atoms with Crippen molar-refractivity contribution < 1.29 is 13.2 Å². The Morgan fingerprint density at radius 2 is 1.80 bits per heavy atom. The molecule has 1 aromatic carbocycles. The Morgan fingerprint density at radius 1 is 1.20 bits per heavy atom. The molecule has 1 atom stereocenters. The van der Waals surface area contributed by atoms with Gasteiger partial charge in [0, 0.05) is 29.7 Å². The first-order valence-electron chi connectivity index (χ1n) is 4.89. The average Bonchev–Trinajstić information content (AvgIpc) is 2.50. The van der Waals surface area contributed by atoms with Gasteiger partial charge in [-0.3, -0.25) is 0 Å². The van der Waals surface area contributed by atoms with Crippen LogP contribution >= 0.6 is 0 Å². The van der Waals surface area contributed by atoms with Crippen molar-refractivity contribution in [3.8, 4) is 0 Å². The number of nitrogens with one attached hydrogen (secondary N) is 1. The van der Waals surface area contributed by atoms with Gasteiger partial charge in [-0.2, -0.15) is 0 Å². The zero-order valence-corrected chi connectivity index (χ0v) is 8.41. The summed E-state index contributed by atoms with van der Waals surface area (Å²) in [7, 11) is 0. The Hall–Kier alpha value is -1.03. The van der Waals surface area contributed by atoms with Gasteiger partial charge in [-0.15, -0.1) is 0 Å². The molecule has 1 aliphatic heterocycles. The van der Waals surface area contributed by atoms with Gasteiger partial charge in [0.05, 0.1) is 0 Å². The summed E-state index contributed by atoms with van der Waals surface area (Å²) < 4.78 is 39.7. The fourth-order valence-corrected chi connectivity index (χ4v) is 2.15. The molecule has 82 valence electrons. The van der Waals surface area contributed by atoms with E-state index in [0.29, 0.717) is 13.0 Å². The normalized spacial score (nSPS) is 25.9. The molecule has 0 spiro atoms. The van der Waals surface area contributed by atoms with Crippen LogP contribution in [0, 0.1) is 17.5 Å². The molecular formula is C11H12F3N. The molecule has 15 heavy (non-hydrogen) atoms. The van der Waals surface area contributed by atoms with Crippen LogP contribution in [0.15, 0.2) is 12.1 Å². The molecule has 0 bridgehead atoms. The summed E-state index contributed by atoms with van der Waals surface area (Å²) in [5, 5.41) is 3.05. The summed E-state index contributed by atoms with van der Waals surface area (Å²) in [6.45, 7) is 3.03. The summed E-state index contributed by atoms with van der Waals surface area (Å²) in [5.74, 6) is -2.46. The monoisotopic (exact) mass is 215 g/mol. The molecular weight excluding hydrogens is 203 g/mol. The third kappa shape index (κ3) is 1.74. The van der Waals surface area contributed by atoms with Crippen molar-refractivity contribution in [3.63, 3.8) is 0 Å². The largest absolute Gasteiger partial charge is 0.316 e. The lowest BCUT2D eigenvalue weighted by Crippen LogP contribution is -2.27. The highest BCUT2D eigenvalue weighted by atomic mass is 19.1. The average molecular weight is 215 g/mol. The molecule has 0 amide bonds. The number of hydrogen-bond donors (Lipinski definition) is 1. The molecule has 2 rings (SSSR count). The SMILES string of the molecule is CC1(c2c(F)cc(F)cc2F)CCNC1. The number of rotatable bonds is 1. The fraction of sp³-hybridized carbons (Fsp3) is 0.455. The highest BCUT2D eigenvalue weighted by Gasteiger charge is 2.35. The van der Waals surface area contributed by atoms with E-state index in [2.05, 4.69) is 5.32 Å². The van der Waals surface area contributed by atoms with Crippen LogP contribution in [0.25, 0.3) is 0 Å². The van der Waals surface area contributed by atoms with Crippen molar-refractivity contribution in [3.05, 3.63) is 35.1 Å². The van der Waals surface area contributed by atoms with E-state index in [1.54, 1.807) is 6.92 Å². The Morgan fingerprint density at radius 3 is 2.27 bits per heavy atom. The molecule has 0 saturated carbocycles. The summed E-state index contributed by atoms with van der Waals surface area (Å²) in [6, 6.07) is 1.48. The van der Waals surface area contributed by atoms with E-state index in [0.717, 1.165) is 18.7 Å². The molecule has 0 aromatic heterocycles. The molecule has 1 unspecified atom stereocenters. The lowest BCUT2D eigenvalue weighted by Gasteiger charge is -2.24. The van der Waals surface area contributed by atoms with Gasteiger partial charge in [0.2, 0.25) is 0 Å². The highest BCUT2D eigenvalue weighted by molar-refractivity contribution is 5.30. The third-order valence-electron chi connectivity index (χ3n) is 2.98. The minimum atomic E-state index is -0.872. The predicted octanol–water partition coefficient (Wildman–Crippen LogP) is 2.35. The Bertz CT molecular complexity index is 360. The third-order valence-corrected chi connectivity index (χ3v) is 2.98. The van der Waals surface area contributed by atoms with Crippen LogP contribution in [0.2, 0.25) is 0 Å². The maximum atomic E-state index is 13.5. The first kappa shape index (κ1) is 10.5. The Labute approximate surface area is 86.3 Å². The van der Waals surface area contributed by atoms with Crippen LogP contribution in [0.3, 0.4) is 0 Å². The second kappa shape index (κ2) is 3.52. The van der Waals surface area contributed by atoms with Crippen molar-refractivity contribution in [2.75, 3.05) is 13.1 Å². The quantitative estimate of drug-likeness (QED) is 0.758. The van der Waals surface area contributed by atoms with Gasteiger partial charge in [-0.25, -0.2) is 13.2 Å². The van der Waals surface area contributed by atoms with E-state index >= 15 is 0 Å². The van der Waals surface area contributed by atoms with Crippen molar-refractivity contribution >= 4 is 0 Å². The number of hydrogen-bond acceptors (Lipinski definition) is 1. The molecule has 0 radical (unpaired) electrons. The molecule has 1 nitrogen and oxygen atoms in total. The zero-order valence-electron chi connectivity index (χ0n) is 8.41. The summed E-state index contributed by atoms with van der Waals surface area (Å²) in [5.41, 5.74) is -0.573. The lowest BCUT2D eigenvalue weighted by atomic mass is 9.81. The molecule has 4 heteroatoms. The van der Waals surface area contributed by atoms with E-state index in [1.165, 1.54) is 0 Å².